The molecular formula is C15H19N3O. The second-order valence-electron chi connectivity index (χ2n) is 4.99. The molecule has 2 heterocycles. The summed E-state index contributed by atoms with van der Waals surface area (Å²) < 4.78 is 5.47. The Bertz CT molecular complexity index is 544. The maximum absolute atomic E-state index is 5.47. The quantitative estimate of drug-likeness (QED) is 0.918. The fourth-order valence-electron chi connectivity index (χ4n) is 2.63. The lowest BCUT2D eigenvalue weighted by atomic mass is 9.98. The highest BCUT2D eigenvalue weighted by Crippen LogP contribution is 2.27. The van der Waals surface area contributed by atoms with Crippen molar-refractivity contribution in [2.45, 2.75) is 32.1 Å². The van der Waals surface area contributed by atoms with Crippen LogP contribution in [-0.2, 0) is 6.42 Å². The molecule has 1 aromatic heterocycles. The Morgan fingerprint density at radius 3 is 2.84 bits per heavy atom. The largest absolute Gasteiger partial charge is 0.339 e. The van der Waals surface area contributed by atoms with Crippen LogP contribution < -0.4 is 5.32 Å². The minimum Gasteiger partial charge on any atom is -0.339 e. The maximum Gasteiger partial charge on any atom is 0.230 e. The number of aryl methyl sites for hydroxylation is 1. The third kappa shape index (κ3) is 2.54. The molecule has 0 atom stereocenters. The lowest BCUT2D eigenvalue weighted by Gasteiger charge is -2.18. The second-order valence-corrected chi connectivity index (χ2v) is 4.99. The number of benzene rings is 1. The molecule has 1 fully saturated rings. The molecule has 0 spiro atoms. The van der Waals surface area contributed by atoms with Crippen molar-refractivity contribution in [1.29, 1.82) is 0 Å². The van der Waals surface area contributed by atoms with Gasteiger partial charge >= 0.3 is 0 Å². The molecule has 2 aromatic rings. The smallest absolute Gasteiger partial charge is 0.230 e. The molecular weight excluding hydrogens is 238 g/mol. The molecule has 1 aliphatic heterocycles. The molecule has 0 radical (unpaired) electrons. The van der Waals surface area contributed by atoms with E-state index in [9.17, 15) is 0 Å². The fraction of sp³-hybridized carbons (Fsp3) is 0.467. The predicted molar refractivity (Wildman–Crippen MR) is 74.0 cm³/mol. The second kappa shape index (κ2) is 5.53. The molecule has 4 nitrogen and oxygen atoms in total. The van der Waals surface area contributed by atoms with Crippen molar-refractivity contribution < 1.29 is 4.52 Å². The third-order valence-electron chi connectivity index (χ3n) is 3.77. The van der Waals surface area contributed by atoms with Gasteiger partial charge in [0, 0.05) is 11.5 Å². The van der Waals surface area contributed by atoms with Gasteiger partial charge < -0.3 is 9.84 Å². The highest BCUT2D eigenvalue weighted by atomic mass is 16.5. The Kier molecular flexibility index (Phi) is 3.60. The van der Waals surface area contributed by atoms with Crippen molar-refractivity contribution in [2.75, 3.05) is 13.1 Å². The predicted octanol–water partition coefficient (Wildman–Crippen LogP) is 2.77. The first kappa shape index (κ1) is 12.4. The van der Waals surface area contributed by atoms with E-state index in [1.807, 2.05) is 6.07 Å². The van der Waals surface area contributed by atoms with Crippen molar-refractivity contribution in [2.24, 2.45) is 0 Å². The molecule has 1 aromatic carbocycles. The van der Waals surface area contributed by atoms with E-state index in [0.29, 0.717) is 5.92 Å². The number of aromatic nitrogens is 2. The van der Waals surface area contributed by atoms with Crippen molar-refractivity contribution in [3.05, 3.63) is 35.7 Å². The summed E-state index contributed by atoms with van der Waals surface area (Å²) in [6, 6.07) is 8.26. The topological polar surface area (TPSA) is 51.0 Å². The summed E-state index contributed by atoms with van der Waals surface area (Å²) in [4.78, 5) is 4.61. The number of piperidine rings is 1. The van der Waals surface area contributed by atoms with Gasteiger partial charge in [-0.15, -0.1) is 0 Å². The van der Waals surface area contributed by atoms with Crippen LogP contribution in [0.15, 0.2) is 28.8 Å². The number of rotatable bonds is 3. The van der Waals surface area contributed by atoms with Crippen LogP contribution in [0, 0.1) is 0 Å². The van der Waals surface area contributed by atoms with Crippen LogP contribution in [0.5, 0.6) is 0 Å². The summed E-state index contributed by atoms with van der Waals surface area (Å²) in [6.07, 6.45) is 3.14. The Morgan fingerprint density at radius 2 is 2.05 bits per heavy atom. The molecule has 1 N–H and O–H groups in total. The number of hydrogen-bond acceptors (Lipinski definition) is 4. The monoisotopic (exact) mass is 257 g/mol. The van der Waals surface area contributed by atoms with E-state index in [0.717, 1.165) is 49.6 Å². The van der Waals surface area contributed by atoms with Crippen LogP contribution in [0.25, 0.3) is 11.4 Å². The van der Waals surface area contributed by atoms with Crippen LogP contribution in [-0.4, -0.2) is 23.2 Å². The van der Waals surface area contributed by atoms with E-state index in [2.05, 4.69) is 40.6 Å². The van der Waals surface area contributed by atoms with Crippen LogP contribution in [0.1, 0.15) is 37.1 Å². The lowest BCUT2D eigenvalue weighted by molar-refractivity contribution is 0.320. The molecule has 0 saturated carbocycles. The molecule has 0 unspecified atom stereocenters. The lowest BCUT2D eigenvalue weighted by Crippen LogP contribution is -2.26. The Balaban J connectivity index is 1.88. The van der Waals surface area contributed by atoms with Crippen molar-refractivity contribution in [3.63, 3.8) is 0 Å². The van der Waals surface area contributed by atoms with Crippen LogP contribution in [0.4, 0.5) is 0 Å². The highest BCUT2D eigenvalue weighted by Gasteiger charge is 2.22. The Morgan fingerprint density at radius 1 is 1.26 bits per heavy atom. The van der Waals surface area contributed by atoms with E-state index in [1.165, 1.54) is 5.56 Å². The summed E-state index contributed by atoms with van der Waals surface area (Å²) in [5.74, 6) is 1.93. The standard InChI is InChI=1S/C15H19N3O/c1-2-11-5-3-4-6-13(11)14-17-15(19-18-14)12-7-9-16-10-8-12/h3-6,12,16H,2,7-10H2,1H3. The van der Waals surface area contributed by atoms with E-state index in [4.69, 9.17) is 4.52 Å². The summed E-state index contributed by atoms with van der Waals surface area (Å²) >= 11 is 0. The molecule has 4 heteroatoms. The van der Waals surface area contributed by atoms with E-state index in [1.54, 1.807) is 0 Å². The third-order valence-corrected chi connectivity index (χ3v) is 3.77. The van der Waals surface area contributed by atoms with Crippen molar-refractivity contribution in [3.8, 4) is 11.4 Å². The van der Waals surface area contributed by atoms with Gasteiger partial charge in [-0.3, -0.25) is 0 Å². The zero-order valence-electron chi connectivity index (χ0n) is 11.2. The zero-order chi connectivity index (χ0) is 13.1. The minimum atomic E-state index is 0.413. The van der Waals surface area contributed by atoms with Gasteiger partial charge in [0.1, 0.15) is 0 Å². The van der Waals surface area contributed by atoms with Gasteiger partial charge in [-0.25, -0.2) is 0 Å². The molecule has 0 amide bonds. The highest BCUT2D eigenvalue weighted by molar-refractivity contribution is 5.59. The number of nitrogens with zero attached hydrogens (tertiary/aromatic N) is 2. The van der Waals surface area contributed by atoms with Gasteiger partial charge in [0.2, 0.25) is 11.7 Å². The van der Waals surface area contributed by atoms with Crippen LogP contribution >= 0.6 is 0 Å². The zero-order valence-corrected chi connectivity index (χ0v) is 11.2. The number of hydrogen-bond donors (Lipinski definition) is 1. The van der Waals surface area contributed by atoms with Crippen molar-refractivity contribution in [1.82, 2.24) is 15.5 Å². The molecule has 19 heavy (non-hydrogen) atoms. The van der Waals surface area contributed by atoms with Gasteiger partial charge in [-0.2, -0.15) is 4.98 Å². The first-order valence-electron chi connectivity index (χ1n) is 7.01. The Hall–Kier alpha value is -1.68. The fourth-order valence-corrected chi connectivity index (χ4v) is 2.63. The summed E-state index contributed by atoms with van der Waals surface area (Å²) in [5, 5.41) is 7.52. The van der Waals surface area contributed by atoms with Crippen LogP contribution in [0.2, 0.25) is 0 Å². The van der Waals surface area contributed by atoms with Gasteiger partial charge in [0.15, 0.2) is 0 Å². The first-order chi connectivity index (χ1) is 9.38. The van der Waals surface area contributed by atoms with Crippen molar-refractivity contribution >= 4 is 0 Å². The van der Waals surface area contributed by atoms with Gasteiger partial charge in [0.25, 0.3) is 0 Å². The molecule has 3 rings (SSSR count). The normalized spacial score (nSPS) is 16.7. The molecule has 1 aliphatic rings. The molecule has 1 saturated heterocycles. The van der Waals surface area contributed by atoms with Gasteiger partial charge in [0.05, 0.1) is 0 Å². The minimum absolute atomic E-state index is 0.413. The average Bonchev–Trinajstić information content (AvgIpc) is 2.98. The summed E-state index contributed by atoms with van der Waals surface area (Å²) in [6.45, 7) is 4.22. The van der Waals surface area contributed by atoms with E-state index >= 15 is 0 Å². The van der Waals surface area contributed by atoms with Gasteiger partial charge in [-0.05, 0) is 37.9 Å². The first-order valence-corrected chi connectivity index (χ1v) is 7.01. The SMILES string of the molecule is CCc1ccccc1-c1noc(C2CCNCC2)n1. The molecule has 0 bridgehead atoms. The molecule has 0 aliphatic carbocycles. The summed E-state index contributed by atoms with van der Waals surface area (Å²) in [5.41, 5.74) is 2.36. The maximum atomic E-state index is 5.47. The van der Waals surface area contributed by atoms with Crippen LogP contribution in [0.3, 0.4) is 0 Å². The Labute approximate surface area is 113 Å². The van der Waals surface area contributed by atoms with Gasteiger partial charge in [-0.1, -0.05) is 36.3 Å². The van der Waals surface area contributed by atoms with E-state index in [-0.39, 0.29) is 0 Å². The van der Waals surface area contributed by atoms with E-state index < -0.39 is 0 Å². The molecule has 100 valence electrons. The average molecular weight is 257 g/mol. The summed E-state index contributed by atoms with van der Waals surface area (Å²) in [7, 11) is 0. The number of nitrogens with one attached hydrogen (secondary N) is 1.